The first-order valence-electron chi connectivity index (χ1n) is 5.71. The van der Waals surface area contributed by atoms with Gasteiger partial charge in [-0.2, -0.15) is 0 Å². The normalized spacial score (nSPS) is 19.1. The van der Waals surface area contributed by atoms with Crippen LogP contribution in [0.1, 0.15) is 30.0 Å². The number of aryl methyl sites for hydroxylation is 1. The number of rotatable bonds is 2. The van der Waals surface area contributed by atoms with Crippen LogP contribution in [0.3, 0.4) is 0 Å². The zero-order valence-electron chi connectivity index (χ0n) is 10.0. The number of carbonyl (C=O) groups is 1. The van der Waals surface area contributed by atoms with Crippen molar-refractivity contribution in [2.24, 2.45) is 5.92 Å². The van der Waals surface area contributed by atoms with E-state index in [0.29, 0.717) is 6.42 Å². The van der Waals surface area contributed by atoms with E-state index in [4.69, 9.17) is 5.11 Å². The van der Waals surface area contributed by atoms with Crippen molar-refractivity contribution in [3.63, 3.8) is 0 Å². The third-order valence-electron chi connectivity index (χ3n) is 3.46. The zero-order chi connectivity index (χ0) is 12.6. The highest BCUT2D eigenvalue weighted by Crippen LogP contribution is 2.36. The predicted octanol–water partition coefficient (Wildman–Crippen LogP) is 2.93. The molecule has 1 aliphatic carbocycles. The summed E-state index contributed by atoms with van der Waals surface area (Å²) in [7, 11) is 0. The van der Waals surface area contributed by atoms with Gasteiger partial charge in [-0.05, 0) is 42.5 Å². The third-order valence-corrected chi connectivity index (χ3v) is 3.46. The van der Waals surface area contributed by atoms with Gasteiger partial charge >= 0.3 is 5.97 Å². The number of hydrogen-bond donors (Lipinski definition) is 2. The Bertz CT molecular complexity index is 500. The Labute approximate surface area is 100 Å². The number of benzene rings is 1. The summed E-state index contributed by atoms with van der Waals surface area (Å²) in [5.74, 6) is -0.932. The smallest absolute Gasteiger partial charge is 0.304 e. The molecular formula is C14H16O3. The highest BCUT2D eigenvalue weighted by molar-refractivity contribution is 5.74. The summed E-state index contributed by atoms with van der Waals surface area (Å²) >= 11 is 0. The molecule has 1 atom stereocenters. The molecule has 1 aromatic rings. The van der Waals surface area contributed by atoms with E-state index in [9.17, 15) is 9.90 Å². The van der Waals surface area contributed by atoms with Gasteiger partial charge in [0.2, 0.25) is 0 Å². The number of aliphatic hydroxyl groups is 1. The summed E-state index contributed by atoms with van der Waals surface area (Å²) in [5, 5.41) is 18.9. The van der Waals surface area contributed by atoms with Crippen LogP contribution in [0.5, 0.6) is 0 Å². The van der Waals surface area contributed by atoms with Gasteiger partial charge in [0.25, 0.3) is 0 Å². The fourth-order valence-corrected chi connectivity index (χ4v) is 2.49. The Morgan fingerprint density at radius 3 is 2.76 bits per heavy atom. The standard InChI is InChI=1S/C14H16O3/c1-8-4-3-5-11-9(2)14(17)10(6-12(8)11)7-13(15)16/h3-5,10,17H,6-7H2,1-2H3,(H,15,16). The van der Waals surface area contributed by atoms with Crippen LogP contribution in [0.25, 0.3) is 5.57 Å². The van der Waals surface area contributed by atoms with E-state index >= 15 is 0 Å². The topological polar surface area (TPSA) is 57.5 Å². The molecule has 1 aromatic carbocycles. The van der Waals surface area contributed by atoms with Gasteiger partial charge in [0.15, 0.2) is 0 Å². The van der Waals surface area contributed by atoms with Gasteiger partial charge in [0.1, 0.15) is 0 Å². The van der Waals surface area contributed by atoms with Gasteiger partial charge in [-0.1, -0.05) is 18.2 Å². The summed E-state index contributed by atoms with van der Waals surface area (Å²) in [6, 6.07) is 5.96. The van der Waals surface area contributed by atoms with E-state index in [1.54, 1.807) is 0 Å². The van der Waals surface area contributed by atoms with Crippen LogP contribution in [0.2, 0.25) is 0 Å². The minimum absolute atomic E-state index is 0.0169. The van der Waals surface area contributed by atoms with Crippen molar-refractivity contribution in [2.75, 3.05) is 0 Å². The predicted molar refractivity (Wildman–Crippen MR) is 65.8 cm³/mol. The number of aliphatic carboxylic acids is 1. The Morgan fingerprint density at radius 2 is 2.12 bits per heavy atom. The van der Waals surface area contributed by atoms with Crippen LogP contribution in [-0.4, -0.2) is 16.2 Å². The van der Waals surface area contributed by atoms with Crippen molar-refractivity contribution >= 4 is 11.5 Å². The molecule has 0 fully saturated rings. The number of carboxylic acid groups (broad SMARTS) is 1. The molecule has 90 valence electrons. The summed E-state index contributed by atoms with van der Waals surface area (Å²) < 4.78 is 0. The third kappa shape index (κ3) is 2.05. The second-order valence-corrected chi connectivity index (χ2v) is 4.61. The van der Waals surface area contributed by atoms with Gasteiger partial charge in [-0.15, -0.1) is 0 Å². The lowest BCUT2D eigenvalue weighted by Gasteiger charge is -2.26. The summed E-state index contributed by atoms with van der Waals surface area (Å²) in [4.78, 5) is 10.8. The molecule has 1 aliphatic rings. The zero-order valence-corrected chi connectivity index (χ0v) is 10.0. The van der Waals surface area contributed by atoms with E-state index in [2.05, 4.69) is 0 Å². The molecule has 0 saturated carbocycles. The second kappa shape index (κ2) is 4.24. The molecule has 0 spiro atoms. The lowest BCUT2D eigenvalue weighted by molar-refractivity contribution is -0.138. The molecule has 0 aliphatic heterocycles. The van der Waals surface area contributed by atoms with Crippen LogP contribution in [0.4, 0.5) is 0 Å². The van der Waals surface area contributed by atoms with Crippen molar-refractivity contribution in [1.82, 2.24) is 0 Å². The molecular weight excluding hydrogens is 216 g/mol. The van der Waals surface area contributed by atoms with Gasteiger partial charge in [-0.3, -0.25) is 4.79 Å². The Hall–Kier alpha value is -1.77. The molecule has 2 N–H and O–H groups in total. The summed E-state index contributed by atoms with van der Waals surface area (Å²) in [6.07, 6.45) is 0.592. The van der Waals surface area contributed by atoms with Crippen molar-refractivity contribution < 1.29 is 15.0 Å². The molecule has 0 radical (unpaired) electrons. The van der Waals surface area contributed by atoms with Crippen LogP contribution in [0, 0.1) is 12.8 Å². The maximum Gasteiger partial charge on any atom is 0.304 e. The molecule has 0 heterocycles. The molecule has 17 heavy (non-hydrogen) atoms. The minimum Gasteiger partial charge on any atom is -0.512 e. The fraction of sp³-hybridized carbons (Fsp3) is 0.357. The molecule has 0 saturated heterocycles. The largest absolute Gasteiger partial charge is 0.512 e. The van der Waals surface area contributed by atoms with E-state index in [-0.39, 0.29) is 18.1 Å². The van der Waals surface area contributed by atoms with Crippen LogP contribution in [-0.2, 0) is 11.2 Å². The Kier molecular flexibility index (Phi) is 2.92. The van der Waals surface area contributed by atoms with Gasteiger partial charge in [0.05, 0.1) is 12.2 Å². The van der Waals surface area contributed by atoms with Crippen LogP contribution in [0.15, 0.2) is 24.0 Å². The van der Waals surface area contributed by atoms with E-state index in [1.165, 1.54) is 0 Å². The van der Waals surface area contributed by atoms with Crippen molar-refractivity contribution in [2.45, 2.75) is 26.7 Å². The maximum atomic E-state index is 10.8. The molecule has 0 amide bonds. The Balaban J connectivity index is 2.47. The molecule has 1 unspecified atom stereocenters. The number of hydrogen-bond acceptors (Lipinski definition) is 2. The summed E-state index contributed by atoms with van der Waals surface area (Å²) in [6.45, 7) is 3.87. The van der Waals surface area contributed by atoms with Gasteiger partial charge < -0.3 is 10.2 Å². The van der Waals surface area contributed by atoms with Crippen molar-refractivity contribution in [1.29, 1.82) is 0 Å². The van der Waals surface area contributed by atoms with Gasteiger partial charge in [0, 0.05) is 5.92 Å². The SMILES string of the molecule is CC1=C(O)C(CC(=O)O)Cc2c(C)cccc21. The van der Waals surface area contributed by atoms with E-state index < -0.39 is 5.97 Å². The number of allylic oxidation sites excluding steroid dienone is 2. The van der Waals surface area contributed by atoms with Crippen molar-refractivity contribution in [3.8, 4) is 0 Å². The highest BCUT2D eigenvalue weighted by Gasteiger charge is 2.27. The number of carboxylic acids is 1. The average Bonchev–Trinajstić information content (AvgIpc) is 2.26. The lowest BCUT2D eigenvalue weighted by atomic mass is 9.80. The first kappa shape index (κ1) is 11.7. The molecule has 0 bridgehead atoms. The number of aliphatic hydroxyl groups excluding tert-OH is 1. The van der Waals surface area contributed by atoms with Crippen LogP contribution < -0.4 is 0 Å². The van der Waals surface area contributed by atoms with E-state index in [0.717, 1.165) is 22.3 Å². The molecule has 3 heteroatoms. The van der Waals surface area contributed by atoms with Crippen LogP contribution >= 0.6 is 0 Å². The highest BCUT2D eigenvalue weighted by atomic mass is 16.4. The molecule has 0 aromatic heterocycles. The lowest BCUT2D eigenvalue weighted by Crippen LogP contribution is -2.19. The van der Waals surface area contributed by atoms with Crippen molar-refractivity contribution in [3.05, 3.63) is 40.6 Å². The van der Waals surface area contributed by atoms with E-state index in [1.807, 2.05) is 32.0 Å². The minimum atomic E-state index is -0.869. The monoisotopic (exact) mass is 232 g/mol. The first-order chi connectivity index (χ1) is 8.00. The van der Waals surface area contributed by atoms with Gasteiger partial charge in [-0.25, -0.2) is 0 Å². The quantitative estimate of drug-likeness (QED) is 0.824. The molecule has 2 rings (SSSR count). The maximum absolute atomic E-state index is 10.8. The Morgan fingerprint density at radius 1 is 1.41 bits per heavy atom. The number of fused-ring (bicyclic) bond motifs is 1. The second-order valence-electron chi connectivity index (χ2n) is 4.61. The average molecular weight is 232 g/mol. The summed E-state index contributed by atoms with van der Waals surface area (Å²) in [5.41, 5.74) is 4.17. The first-order valence-corrected chi connectivity index (χ1v) is 5.71. The fourth-order valence-electron chi connectivity index (χ4n) is 2.49. The molecule has 3 nitrogen and oxygen atoms in total.